The Balaban J connectivity index is 2.08. The van der Waals surface area contributed by atoms with E-state index in [-0.39, 0.29) is 0 Å². The normalized spacial score (nSPS) is 10.5. The van der Waals surface area contributed by atoms with Gasteiger partial charge in [0.25, 0.3) is 0 Å². The second-order valence-electron chi connectivity index (χ2n) is 4.56. The second-order valence-corrected chi connectivity index (χ2v) is 5.48. The summed E-state index contributed by atoms with van der Waals surface area (Å²) in [5, 5.41) is 0. The second kappa shape index (κ2) is 6.73. The fourth-order valence-corrected chi connectivity index (χ4v) is 2.29. The van der Waals surface area contributed by atoms with Crippen molar-refractivity contribution in [3.63, 3.8) is 0 Å². The lowest BCUT2D eigenvalue weighted by molar-refractivity contribution is 0.303. The molecule has 0 saturated heterocycles. The van der Waals surface area contributed by atoms with E-state index in [0.717, 1.165) is 22.2 Å². The molecule has 3 heteroatoms. The van der Waals surface area contributed by atoms with Gasteiger partial charge in [-0.3, -0.25) is 0 Å². The molecule has 2 N–H and O–H groups in total. The Morgan fingerprint density at radius 3 is 2.53 bits per heavy atom. The van der Waals surface area contributed by atoms with Crippen LogP contribution in [0.25, 0.3) is 0 Å². The third-order valence-corrected chi connectivity index (χ3v) is 3.44. The largest absolute Gasteiger partial charge is 0.489 e. The smallest absolute Gasteiger partial charge is 0.123 e. The van der Waals surface area contributed by atoms with Crippen molar-refractivity contribution in [3.05, 3.63) is 63.6 Å². The first-order chi connectivity index (χ1) is 9.19. The lowest BCUT2D eigenvalue weighted by Crippen LogP contribution is -2.05. The van der Waals surface area contributed by atoms with Crippen LogP contribution in [0.2, 0.25) is 0 Å². The maximum Gasteiger partial charge on any atom is 0.123 e. The molecular formula is C16H18BrNO. The summed E-state index contributed by atoms with van der Waals surface area (Å²) in [4.78, 5) is 0. The van der Waals surface area contributed by atoms with Gasteiger partial charge in [-0.05, 0) is 49.2 Å². The quantitative estimate of drug-likeness (QED) is 0.908. The first-order valence-electron chi connectivity index (χ1n) is 6.36. The van der Waals surface area contributed by atoms with Gasteiger partial charge in [0.15, 0.2) is 0 Å². The molecule has 2 nitrogen and oxygen atoms in total. The Morgan fingerprint density at radius 2 is 1.84 bits per heavy atom. The number of halogens is 1. The highest BCUT2D eigenvalue weighted by Crippen LogP contribution is 2.24. The van der Waals surface area contributed by atoms with Crippen LogP contribution in [0.4, 0.5) is 0 Å². The van der Waals surface area contributed by atoms with E-state index in [2.05, 4.69) is 53.2 Å². The van der Waals surface area contributed by atoms with Crippen LogP contribution in [0.5, 0.6) is 5.75 Å². The molecule has 0 spiro atoms. The molecule has 0 aliphatic heterocycles. The molecule has 0 atom stereocenters. The van der Waals surface area contributed by atoms with Crippen LogP contribution in [0, 0.1) is 6.92 Å². The molecule has 100 valence electrons. The Bertz CT molecular complexity index is 537. The van der Waals surface area contributed by atoms with Crippen molar-refractivity contribution in [2.75, 3.05) is 6.54 Å². The van der Waals surface area contributed by atoms with Crippen LogP contribution >= 0.6 is 15.9 Å². The van der Waals surface area contributed by atoms with Gasteiger partial charge in [-0.25, -0.2) is 0 Å². The minimum atomic E-state index is 0.583. The van der Waals surface area contributed by atoms with Gasteiger partial charge in [0.1, 0.15) is 12.4 Å². The predicted molar refractivity (Wildman–Crippen MR) is 82.4 cm³/mol. The summed E-state index contributed by atoms with van der Waals surface area (Å²) in [5.74, 6) is 0.911. The highest BCUT2D eigenvalue weighted by Gasteiger charge is 2.04. The number of aryl methyl sites for hydroxylation is 1. The van der Waals surface area contributed by atoms with Gasteiger partial charge in [-0.1, -0.05) is 45.8 Å². The standard InChI is InChI=1S/C16H18BrNO/c1-12-2-4-13(5-3-12)11-19-16-7-6-15(17)10-14(16)8-9-18/h2-7,10H,8-9,11,18H2,1H3. The van der Waals surface area contributed by atoms with E-state index in [1.165, 1.54) is 11.1 Å². The molecular weight excluding hydrogens is 302 g/mol. The van der Waals surface area contributed by atoms with E-state index in [1.807, 2.05) is 12.1 Å². The molecule has 2 rings (SSSR count). The Labute approximate surface area is 122 Å². The van der Waals surface area contributed by atoms with E-state index in [4.69, 9.17) is 10.5 Å². The molecule has 2 aromatic rings. The first kappa shape index (κ1) is 14.1. The van der Waals surface area contributed by atoms with Crippen LogP contribution < -0.4 is 10.5 Å². The van der Waals surface area contributed by atoms with Gasteiger partial charge in [-0.15, -0.1) is 0 Å². The molecule has 19 heavy (non-hydrogen) atoms. The zero-order valence-corrected chi connectivity index (χ0v) is 12.6. The molecule has 0 bridgehead atoms. The van der Waals surface area contributed by atoms with Crippen molar-refractivity contribution in [1.82, 2.24) is 0 Å². The maximum atomic E-state index is 5.89. The van der Waals surface area contributed by atoms with Gasteiger partial charge in [0.2, 0.25) is 0 Å². The summed E-state index contributed by atoms with van der Waals surface area (Å²) >= 11 is 3.47. The van der Waals surface area contributed by atoms with E-state index < -0.39 is 0 Å². The zero-order valence-electron chi connectivity index (χ0n) is 11.0. The molecule has 0 saturated carbocycles. The maximum absolute atomic E-state index is 5.89. The number of nitrogens with two attached hydrogens (primary N) is 1. The summed E-state index contributed by atoms with van der Waals surface area (Å²) in [6.07, 6.45) is 0.822. The average Bonchev–Trinajstić information content (AvgIpc) is 2.40. The molecule has 0 amide bonds. The highest BCUT2D eigenvalue weighted by molar-refractivity contribution is 9.10. The van der Waals surface area contributed by atoms with Crippen molar-refractivity contribution in [2.24, 2.45) is 5.73 Å². The molecule has 2 aromatic carbocycles. The number of hydrogen-bond donors (Lipinski definition) is 1. The molecule has 0 radical (unpaired) electrons. The first-order valence-corrected chi connectivity index (χ1v) is 7.15. The summed E-state index contributed by atoms with van der Waals surface area (Å²) in [6.45, 7) is 3.29. The molecule has 0 aliphatic carbocycles. The van der Waals surface area contributed by atoms with Crippen LogP contribution in [0.15, 0.2) is 46.9 Å². The summed E-state index contributed by atoms with van der Waals surface area (Å²) in [5.41, 5.74) is 9.21. The summed E-state index contributed by atoms with van der Waals surface area (Å²) < 4.78 is 6.95. The fourth-order valence-electron chi connectivity index (χ4n) is 1.89. The zero-order chi connectivity index (χ0) is 13.7. The van der Waals surface area contributed by atoms with Gasteiger partial charge in [0.05, 0.1) is 0 Å². The molecule has 0 heterocycles. The fraction of sp³-hybridized carbons (Fsp3) is 0.250. The SMILES string of the molecule is Cc1ccc(COc2ccc(Br)cc2CCN)cc1. The Kier molecular flexibility index (Phi) is 5.00. The minimum absolute atomic E-state index is 0.583. The van der Waals surface area contributed by atoms with Crippen molar-refractivity contribution in [1.29, 1.82) is 0 Å². The number of ether oxygens (including phenoxy) is 1. The molecule has 0 aromatic heterocycles. The minimum Gasteiger partial charge on any atom is -0.489 e. The summed E-state index contributed by atoms with van der Waals surface area (Å²) in [6, 6.07) is 14.4. The van der Waals surface area contributed by atoms with Crippen molar-refractivity contribution in [2.45, 2.75) is 20.0 Å². The van der Waals surface area contributed by atoms with Gasteiger partial charge >= 0.3 is 0 Å². The van der Waals surface area contributed by atoms with Gasteiger partial charge in [0, 0.05) is 4.47 Å². The lowest BCUT2D eigenvalue weighted by atomic mass is 10.1. The average molecular weight is 320 g/mol. The third kappa shape index (κ3) is 4.08. The predicted octanol–water partition coefficient (Wildman–Crippen LogP) is 3.84. The van der Waals surface area contributed by atoms with Gasteiger partial charge < -0.3 is 10.5 Å². The van der Waals surface area contributed by atoms with E-state index in [9.17, 15) is 0 Å². The van der Waals surface area contributed by atoms with E-state index in [1.54, 1.807) is 0 Å². The van der Waals surface area contributed by atoms with E-state index >= 15 is 0 Å². The topological polar surface area (TPSA) is 35.2 Å². The molecule has 0 fully saturated rings. The molecule has 0 unspecified atom stereocenters. The number of benzene rings is 2. The van der Waals surface area contributed by atoms with E-state index in [0.29, 0.717) is 13.2 Å². The van der Waals surface area contributed by atoms with Crippen LogP contribution in [-0.4, -0.2) is 6.54 Å². The Hall–Kier alpha value is -1.32. The number of rotatable bonds is 5. The monoisotopic (exact) mass is 319 g/mol. The van der Waals surface area contributed by atoms with Crippen molar-refractivity contribution < 1.29 is 4.74 Å². The van der Waals surface area contributed by atoms with Gasteiger partial charge in [-0.2, -0.15) is 0 Å². The highest BCUT2D eigenvalue weighted by atomic mass is 79.9. The third-order valence-electron chi connectivity index (χ3n) is 2.95. The van der Waals surface area contributed by atoms with Crippen molar-refractivity contribution >= 4 is 15.9 Å². The van der Waals surface area contributed by atoms with Crippen LogP contribution in [-0.2, 0) is 13.0 Å². The van der Waals surface area contributed by atoms with Crippen LogP contribution in [0.1, 0.15) is 16.7 Å². The lowest BCUT2D eigenvalue weighted by Gasteiger charge is -2.11. The molecule has 0 aliphatic rings. The van der Waals surface area contributed by atoms with Crippen molar-refractivity contribution in [3.8, 4) is 5.75 Å². The Morgan fingerprint density at radius 1 is 1.11 bits per heavy atom. The summed E-state index contributed by atoms with van der Waals surface area (Å²) in [7, 11) is 0. The number of hydrogen-bond acceptors (Lipinski definition) is 2. The van der Waals surface area contributed by atoms with Crippen LogP contribution in [0.3, 0.4) is 0 Å².